The van der Waals surface area contributed by atoms with Crippen LogP contribution in [-0.4, -0.2) is 54.8 Å². The molecular formula is C21H34N4O. The van der Waals surface area contributed by atoms with Crippen molar-refractivity contribution < 1.29 is 5.11 Å². The van der Waals surface area contributed by atoms with Crippen LogP contribution >= 0.6 is 0 Å². The average Bonchev–Trinajstić information content (AvgIpc) is 3.33. The summed E-state index contributed by atoms with van der Waals surface area (Å²) in [6, 6.07) is 11.1. The molecular weight excluding hydrogens is 324 g/mol. The molecule has 3 N–H and O–H groups in total. The fourth-order valence-corrected chi connectivity index (χ4v) is 4.16. The molecule has 1 saturated heterocycles. The van der Waals surface area contributed by atoms with Crippen molar-refractivity contribution in [2.24, 2.45) is 10.9 Å². The molecule has 1 aliphatic heterocycles. The van der Waals surface area contributed by atoms with E-state index >= 15 is 0 Å². The molecule has 0 radical (unpaired) electrons. The SMILES string of the molecule is CCNC(=NCC(c1ccccc1)N1CCCC1)NCC1CCCC1O. The number of hydrogen-bond acceptors (Lipinski definition) is 3. The molecule has 26 heavy (non-hydrogen) atoms. The summed E-state index contributed by atoms with van der Waals surface area (Å²) in [4.78, 5) is 7.45. The lowest BCUT2D eigenvalue weighted by Gasteiger charge is -2.27. The van der Waals surface area contributed by atoms with Gasteiger partial charge in [-0.1, -0.05) is 36.8 Å². The standard InChI is InChI=1S/C21H34N4O/c1-2-22-21(23-15-18-11-8-12-20(18)26)24-16-19(25-13-6-7-14-25)17-9-4-3-5-10-17/h3-5,9-10,18-20,26H,2,6-8,11-16H2,1H3,(H2,22,23,24). The molecule has 3 unspecified atom stereocenters. The Balaban J connectivity index is 1.64. The zero-order chi connectivity index (χ0) is 18.2. The fourth-order valence-electron chi connectivity index (χ4n) is 4.16. The number of hydrogen-bond donors (Lipinski definition) is 3. The second kappa shape index (κ2) is 9.93. The Morgan fingerprint density at radius 2 is 1.92 bits per heavy atom. The predicted octanol–water partition coefficient (Wildman–Crippen LogP) is 2.54. The van der Waals surface area contributed by atoms with Gasteiger partial charge in [0.15, 0.2) is 5.96 Å². The van der Waals surface area contributed by atoms with E-state index in [0.29, 0.717) is 12.0 Å². The largest absolute Gasteiger partial charge is 0.393 e. The van der Waals surface area contributed by atoms with Gasteiger partial charge < -0.3 is 15.7 Å². The number of aliphatic hydroxyl groups excluding tert-OH is 1. The minimum absolute atomic E-state index is 0.160. The summed E-state index contributed by atoms with van der Waals surface area (Å²) >= 11 is 0. The Morgan fingerprint density at radius 3 is 2.58 bits per heavy atom. The summed E-state index contributed by atoms with van der Waals surface area (Å²) in [5.41, 5.74) is 1.35. The van der Waals surface area contributed by atoms with E-state index in [-0.39, 0.29) is 6.10 Å². The second-order valence-electron chi connectivity index (χ2n) is 7.53. The van der Waals surface area contributed by atoms with Crippen LogP contribution in [0.15, 0.2) is 35.3 Å². The summed E-state index contributed by atoms with van der Waals surface area (Å²) in [5.74, 6) is 1.22. The molecule has 5 nitrogen and oxygen atoms in total. The van der Waals surface area contributed by atoms with Gasteiger partial charge in [-0.25, -0.2) is 0 Å². The molecule has 2 fully saturated rings. The summed E-state index contributed by atoms with van der Waals surface area (Å²) in [5, 5.41) is 16.8. The highest BCUT2D eigenvalue weighted by Crippen LogP contribution is 2.26. The lowest BCUT2D eigenvalue weighted by Crippen LogP contribution is -2.41. The van der Waals surface area contributed by atoms with Crippen molar-refractivity contribution in [3.8, 4) is 0 Å². The van der Waals surface area contributed by atoms with Gasteiger partial charge in [0.05, 0.1) is 18.7 Å². The molecule has 0 spiro atoms. The van der Waals surface area contributed by atoms with E-state index in [4.69, 9.17) is 4.99 Å². The Hall–Kier alpha value is -1.59. The highest BCUT2D eigenvalue weighted by Gasteiger charge is 2.26. The molecule has 1 aromatic rings. The van der Waals surface area contributed by atoms with Crippen LogP contribution < -0.4 is 10.6 Å². The summed E-state index contributed by atoms with van der Waals surface area (Å²) in [6.07, 6.45) is 5.58. The maximum absolute atomic E-state index is 10.0. The minimum Gasteiger partial charge on any atom is -0.393 e. The Bertz CT molecular complexity index is 556. The number of likely N-dealkylation sites (tertiary alicyclic amines) is 1. The van der Waals surface area contributed by atoms with Crippen LogP contribution in [0.1, 0.15) is 50.6 Å². The quantitative estimate of drug-likeness (QED) is 0.518. The molecule has 1 heterocycles. The smallest absolute Gasteiger partial charge is 0.191 e. The molecule has 3 rings (SSSR count). The summed E-state index contributed by atoms with van der Waals surface area (Å²) in [7, 11) is 0. The van der Waals surface area contributed by atoms with E-state index in [0.717, 1.165) is 57.9 Å². The van der Waals surface area contributed by atoms with Gasteiger partial charge in [-0.2, -0.15) is 0 Å². The molecule has 1 aliphatic carbocycles. The number of aliphatic hydroxyl groups is 1. The van der Waals surface area contributed by atoms with E-state index < -0.39 is 0 Å². The van der Waals surface area contributed by atoms with Gasteiger partial charge >= 0.3 is 0 Å². The normalized spacial score (nSPS) is 25.4. The zero-order valence-corrected chi connectivity index (χ0v) is 16.0. The van der Waals surface area contributed by atoms with E-state index in [2.05, 4.69) is 52.8 Å². The Kier molecular flexibility index (Phi) is 7.32. The van der Waals surface area contributed by atoms with Crippen LogP contribution in [0.5, 0.6) is 0 Å². The summed E-state index contributed by atoms with van der Waals surface area (Å²) < 4.78 is 0. The van der Waals surface area contributed by atoms with Crippen molar-refractivity contribution >= 4 is 5.96 Å². The molecule has 1 aromatic carbocycles. The van der Waals surface area contributed by atoms with Crippen molar-refractivity contribution in [2.45, 2.75) is 51.2 Å². The van der Waals surface area contributed by atoms with E-state index in [1.807, 2.05) is 0 Å². The van der Waals surface area contributed by atoms with Crippen LogP contribution in [0.3, 0.4) is 0 Å². The molecule has 0 aromatic heterocycles. The molecule has 1 saturated carbocycles. The number of nitrogens with zero attached hydrogens (tertiary/aromatic N) is 2. The topological polar surface area (TPSA) is 59.9 Å². The average molecular weight is 359 g/mol. The number of rotatable bonds is 7. The van der Waals surface area contributed by atoms with Gasteiger partial charge in [-0.15, -0.1) is 0 Å². The fraction of sp³-hybridized carbons (Fsp3) is 0.667. The summed E-state index contributed by atoms with van der Waals surface area (Å²) in [6.45, 7) is 6.81. The number of aliphatic imine (C=N–C) groups is 1. The van der Waals surface area contributed by atoms with Crippen molar-refractivity contribution in [3.05, 3.63) is 35.9 Å². The van der Waals surface area contributed by atoms with Gasteiger partial charge in [0, 0.05) is 19.0 Å². The highest BCUT2D eigenvalue weighted by atomic mass is 16.3. The molecule has 0 amide bonds. The first kappa shape index (κ1) is 19.2. The number of nitrogens with one attached hydrogen (secondary N) is 2. The highest BCUT2D eigenvalue weighted by molar-refractivity contribution is 5.79. The van der Waals surface area contributed by atoms with Crippen molar-refractivity contribution in [2.75, 3.05) is 32.7 Å². The predicted molar refractivity (Wildman–Crippen MR) is 107 cm³/mol. The van der Waals surface area contributed by atoms with Crippen LogP contribution in [0.25, 0.3) is 0 Å². The van der Waals surface area contributed by atoms with Crippen LogP contribution in [0, 0.1) is 5.92 Å². The van der Waals surface area contributed by atoms with Crippen LogP contribution in [0.2, 0.25) is 0 Å². The lowest BCUT2D eigenvalue weighted by atomic mass is 10.1. The van der Waals surface area contributed by atoms with Crippen molar-refractivity contribution in [1.82, 2.24) is 15.5 Å². The number of benzene rings is 1. The third-order valence-electron chi connectivity index (χ3n) is 5.68. The minimum atomic E-state index is -0.160. The first-order chi connectivity index (χ1) is 12.8. The molecule has 2 aliphatic rings. The maximum Gasteiger partial charge on any atom is 0.191 e. The zero-order valence-electron chi connectivity index (χ0n) is 16.0. The van der Waals surface area contributed by atoms with Crippen molar-refractivity contribution in [3.63, 3.8) is 0 Å². The molecule has 0 bridgehead atoms. The first-order valence-electron chi connectivity index (χ1n) is 10.3. The maximum atomic E-state index is 10.0. The van der Waals surface area contributed by atoms with Crippen LogP contribution in [0.4, 0.5) is 0 Å². The van der Waals surface area contributed by atoms with E-state index in [1.165, 1.54) is 18.4 Å². The van der Waals surface area contributed by atoms with Crippen LogP contribution in [-0.2, 0) is 0 Å². The van der Waals surface area contributed by atoms with Gasteiger partial charge in [0.25, 0.3) is 0 Å². The van der Waals surface area contributed by atoms with E-state index in [1.54, 1.807) is 0 Å². The Labute approximate surface area is 157 Å². The third-order valence-corrected chi connectivity index (χ3v) is 5.68. The van der Waals surface area contributed by atoms with Crippen molar-refractivity contribution in [1.29, 1.82) is 0 Å². The third kappa shape index (κ3) is 5.21. The van der Waals surface area contributed by atoms with Gasteiger partial charge in [0.1, 0.15) is 0 Å². The molecule has 5 heteroatoms. The van der Waals surface area contributed by atoms with Gasteiger partial charge in [-0.3, -0.25) is 9.89 Å². The number of guanidine groups is 1. The second-order valence-corrected chi connectivity index (χ2v) is 7.53. The van der Waals surface area contributed by atoms with Gasteiger partial charge in [0.2, 0.25) is 0 Å². The molecule has 3 atom stereocenters. The first-order valence-corrected chi connectivity index (χ1v) is 10.3. The monoisotopic (exact) mass is 358 g/mol. The Morgan fingerprint density at radius 1 is 1.15 bits per heavy atom. The molecule has 144 valence electrons. The lowest BCUT2D eigenvalue weighted by molar-refractivity contribution is 0.134. The van der Waals surface area contributed by atoms with Gasteiger partial charge in [-0.05, 0) is 51.3 Å². The van der Waals surface area contributed by atoms with E-state index in [9.17, 15) is 5.11 Å².